The van der Waals surface area contributed by atoms with Crippen LogP contribution in [0.5, 0.6) is 5.75 Å². The zero-order valence-corrected chi connectivity index (χ0v) is 12.2. The van der Waals surface area contributed by atoms with E-state index in [1.54, 1.807) is 6.92 Å². The van der Waals surface area contributed by atoms with Crippen LogP contribution in [0.2, 0.25) is 0 Å². The molecule has 0 aliphatic heterocycles. The molecule has 1 heterocycles. The number of rotatable bonds is 4. The van der Waals surface area contributed by atoms with Gasteiger partial charge in [-0.2, -0.15) is 0 Å². The van der Waals surface area contributed by atoms with E-state index < -0.39 is 0 Å². The molecule has 0 atom stereocenters. The Morgan fingerprint density at radius 1 is 1.10 bits per heavy atom. The number of hydrogen-bond donors (Lipinski definition) is 0. The quantitative estimate of drug-likeness (QED) is 0.677. The summed E-state index contributed by atoms with van der Waals surface area (Å²) in [7, 11) is 1.91. The molecule has 3 nitrogen and oxygen atoms in total. The number of carbonyl (C=O) groups is 1. The van der Waals surface area contributed by atoms with Gasteiger partial charge in [-0.05, 0) is 29.8 Å². The van der Waals surface area contributed by atoms with Gasteiger partial charge >= 0.3 is 0 Å². The highest BCUT2D eigenvalue weighted by molar-refractivity contribution is 5.98. The lowest BCUT2D eigenvalue weighted by Gasteiger charge is -2.06. The van der Waals surface area contributed by atoms with Crippen LogP contribution in [-0.4, -0.2) is 10.4 Å². The first kappa shape index (κ1) is 13.4. The van der Waals surface area contributed by atoms with E-state index >= 15 is 0 Å². The SMILES string of the molecule is CC(=O)c1cc2cc(OCc3ccccc3)ccc2n1C. The Balaban J connectivity index is 1.86. The first-order chi connectivity index (χ1) is 10.1. The third-order valence-electron chi connectivity index (χ3n) is 3.62. The Labute approximate surface area is 123 Å². The molecule has 3 rings (SSSR count). The zero-order chi connectivity index (χ0) is 14.8. The van der Waals surface area contributed by atoms with Crippen LogP contribution in [-0.2, 0) is 13.7 Å². The first-order valence-electron chi connectivity index (χ1n) is 6.92. The average Bonchev–Trinajstić information content (AvgIpc) is 2.83. The van der Waals surface area contributed by atoms with E-state index in [1.807, 2.05) is 66.2 Å². The van der Waals surface area contributed by atoms with Gasteiger partial charge < -0.3 is 9.30 Å². The van der Waals surface area contributed by atoms with Crippen LogP contribution in [0.3, 0.4) is 0 Å². The van der Waals surface area contributed by atoms with Crippen LogP contribution in [0.15, 0.2) is 54.6 Å². The number of ketones is 1. The zero-order valence-electron chi connectivity index (χ0n) is 12.2. The van der Waals surface area contributed by atoms with Crippen molar-refractivity contribution in [3.63, 3.8) is 0 Å². The number of hydrogen-bond acceptors (Lipinski definition) is 2. The van der Waals surface area contributed by atoms with Gasteiger partial charge in [-0.3, -0.25) is 4.79 Å². The predicted octanol–water partition coefficient (Wildman–Crippen LogP) is 3.96. The molecular weight excluding hydrogens is 262 g/mol. The summed E-state index contributed by atoms with van der Waals surface area (Å²) in [6.45, 7) is 2.12. The van der Waals surface area contributed by atoms with Crippen LogP contribution in [0.25, 0.3) is 10.9 Å². The molecule has 0 spiro atoms. The molecule has 0 aliphatic carbocycles. The summed E-state index contributed by atoms with van der Waals surface area (Å²) in [6.07, 6.45) is 0. The lowest BCUT2D eigenvalue weighted by Crippen LogP contribution is -2.00. The topological polar surface area (TPSA) is 31.2 Å². The molecule has 21 heavy (non-hydrogen) atoms. The van der Waals surface area contributed by atoms with Crippen molar-refractivity contribution in [3.05, 3.63) is 65.9 Å². The van der Waals surface area contributed by atoms with E-state index in [9.17, 15) is 4.79 Å². The largest absolute Gasteiger partial charge is 0.489 e. The number of carbonyl (C=O) groups excluding carboxylic acids is 1. The summed E-state index contributed by atoms with van der Waals surface area (Å²) in [5, 5.41) is 1.02. The van der Waals surface area contributed by atoms with Crippen LogP contribution < -0.4 is 4.74 Å². The van der Waals surface area contributed by atoms with E-state index in [0.29, 0.717) is 12.3 Å². The number of Topliss-reactive ketones (excluding diaryl/α,β-unsaturated/α-hetero) is 1. The highest BCUT2D eigenvalue weighted by atomic mass is 16.5. The fraction of sp³-hybridized carbons (Fsp3) is 0.167. The second kappa shape index (κ2) is 5.44. The summed E-state index contributed by atoms with van der Waals surface area (Å²) < 4.78 is 7.73. The predicted molar refractivity (Wildman–Crippen MR) is 83.7 cm³/mol. The summed E-state index contributed by atoms with van der Waals surface area (Å²) in [5.74, 6) is 0.882. The molecule has 0 unspecified atom stereocenters. The molecule has 1 aromatic heterocycles. The average molecular weight is 279 g/mol. The van der Waals surface area contributed by atoms with Crippen LogP contribution >= 0.6 is 0 Å². The maximum atomic E-state index is 11.6. The van der Waals surface area contributed by atoms with Gasteiger partial charge in [-0.15, -0.1) is 0 Å². The molecule has 0 N–H and O–H groups in total. The highest BCUT2D eigenvalue weighted by Gasteiger charge is 2.10. The van der Waals surface area contributed by atoms with Crippen molar-refractivity contribution >= 4 is 16.7 Å². The van der Waals surface area contributed by atoms with Crippen molar-refractivity contribution in [3.8, 4) is 5.75 Å². The third-order valence-corrected chi connectivity index (χ3v) is 3.62. The van der Waals surface area contributed by atoms with Gasteiger partial charge in [0.05, 0.1) is 5.69 Å². The minimum Gasteiger partial charge on any atom is -0.489 e. The molecule has 0 saturated carbocycles. The maximum absolute atomic E-state index is 11.6. The van der Waals surface area contributed by atoms with Crippen molar-refractivity contribution < 1.29 is 9.53 Å². The summed E-state index contributed by atoms with van der Waals surface area (Å²) >= 11 is 0. The second-order valence-corrected chi connectivity index (χ2v) is 5.14. The van der Waals surface area contributed by atoms with Crippen LogP contribution in [0.1, 0.15) is 23.0 Å². The maximum Gasteiger partial charge on any atom is 0.176 e. The van der Waals surface area contributed by atoms with Crippen LogP contribution in [0, 0.1) is 0 Å². The number of fused-ring (bicyclic) bond motifs is 1. The molecule has 106 valence electrons. The van der Waals surface area contributed by atoms with E-state index in [2.05, 4.69) is 0 Å². The van der Waals surface area contributed by atoms with E-state index in [1.165, 1.54) is 0 Å². The number of benzene rings is 2. The minimum atomic E-state index is 0.0699. The smallest absolute Gasteiger partial charge is 0.176 e. The second-order valence-electron chi connectivity index (χ2n) is 5.14. The molecule has 3 aromatic rings. The van der Waals surface area contributed by atoms with Gasteiger partial charge in [0.25, 0.3) is 0 Å². The standard InChI is InChI=1S/C18H17NO2/c1-13(20)18-11-15-10-16(8-9-17(15)19(18)2)21-12-14-6-4-3-5-7-14/h3-11H,12H2,1-2H3. The van der Waals surface area contributed by atoms with Gasteiger partial charge in [0.1, 0.15) is 12.4 Å². The van der Waals surface area contributed by atoms with Crippen molar-refractivity contribution in [2.75, 3.05) is 0 Å². The number of nitrogens with zero attached hydrogens (tertiary/aromatic N) is 1. The summed E-state index contributed by atoms with van der Waals surface area (Å²) in [6, 6.07) is 17.9. The Hall–Kier alpha value is -2.55. The van der Waals surface area contributed by atoms with Gasteiger partial charge in [-0.1, -0.05) is 30.3 Å². The van der Waals surface area contributed by atoms with E-state index in [-0.39, 0.29) is 5.78 Å². The van der Waals surface area contributed by atoms with Gasteiger partial charge in [0.15, 0.2) is 5.78 Å². The summed E-state index contributed by atoms with van der Waals surface area (Å²) in [5.41, 5.74) is 2.88. The number of aryl methyl sites for hydroxylation is 1. The lowest BCUT2D eigenvalue weighted by atomic mass is 10.2. The molecule has 0 fully saturated rings. The van der Waals surface area contributed by atoms with Crippen molar-refractivity contribution in [2.45, 2.75) is 13.5 Å². The molecule has 0 saturated heterocycles. The van der Waals surface area contributed by atoms with E-state index in [4.69, 9.17) is 4.74 Å². The monoisotopic (exact) mass is 279 g/mol. The molecule has 0 aliphatic rings. The normalized spacial score (nSPS) is 10.8. The molecule has 2 aromatic carbocycles. The van der Waals surface area contributed by atoms with Crippen molar-refractivity contribution in [1.82, 2.24) is 4.57 Å². The Bertz CT molecular complexity index is 788. The number of aromatic nitrogens is 1. The fourth-order valence-corrected chi connectivity index (χ4v) is 2.50. The van der Waals surface area contributed by atoms with Gasteiger partial charge in [0, 0.05) is 24.9 Å². The molecule has 0 radical (unpaired) electrons. The van der Waals surface area contributed by atoms with Crippen LogP contribution in [0.4, 0.5) is 0 Å². The lowest BCUT2D eigenvalue weighted by molar-refractivity contribution is 0.101. The third kappa shape index (κ3) is 2.68. The fourth-order valence-electron chi connectivity index (χ4n) is 2.50. The van der Waals surface area contributed by atoms with Crippen molar-refractivity contribution in [2.24, 2.45) is 7.05 Å². The molecule has 0 bridgehead atoms. The molecular formula is C18H17NO2. The highest BCUT2D eigenvalue weighted by Crippen LogP contribution is 2.24. The van der Waals surface area contributed by atoms with Gasteiger partial charge in [-0.25, -0.2) is 0 Å². The van der Waals surface area contributed by atoms with Crippen molar-refractivity contribution in [1.29, 1.82) is 0 Å². The summed E-state index contributed by atoms with van der Waals surface area (Å²) in [4.78, 5) is 11.6. The minimum absolute atomic E-state index is 0.0699. The molecule has 3 heteroatoms. The molecule has 0 amide bonds. The number of ether oxygens (including phenoxy) is 1. The first-order valence-corrected chi connectivity index (χ1v) is 6.92. The van der Waals surface area contributed by atoms with E-state index in [0.717, 1.165) is 22.2 Å². The Morgan fingerprint density at radius 3 is 2.57 bits per heavy atom. The Kier molecular flexibility index (Phi) is 3.48. The Morgan fingerprint density at radius 2 is 1.86 bits per heavy atom. The van der Waals surface area contributed by atoms with Gasteiger partial charge in [0.2, 0.25) is 0 Å².